The van der Waals surface area contributed by atoms with E-state index >= 15 is 0 Å². The molecule has 26 heavy (non-hydrogen) atoms. The van der Waals surface area contributed by atoms with Crippen molar-refractivity contribution < 1.29 is 19.4 Å². The molecule has 0 unspecified atom stereocenters. The minimum Gasteiger partial charge on any atom is -0.493 e. The summed E-state index contributed by atoms with van der Waals surface area (Å²) < 4.78 is 11.7. The Morgan fingerprint density at radius 2 is 1.58 bits per heavy atom. The van der Waals surface area contributed by atoms with E-state index in [0.29, 0.717) is 30.3 Å². The minimum atomic E-state index is -0.993. The van der Waals surface area contributed by atoms with Crippen LogP contribution in [0.4, 0.5) is 0 Å². The van der Waals surface area contributed by atoms with E-state index in [9.17, 15) is 9.90 Å². The molecule has 0 bridgehead atoms. The molecule has 2 aromatic rings. The third-order valence-corrected chi connectivity index (χ3v) is 4.17. The molecule has 4 nitrogen and oxygen atoms in total. The SMILES string of the molecule is CCCCOc1cc(OCCCC)c(C(=O)O)c(-c2ccc(C)cc2)c1. The number of rotatable bonds is 10. The molecule has 0 heterocycles. The lowest BCUT2D eigenvalue weighted by atomic mass is 9.97. The topological polar surface area (TPSA) is 55.8 Å². The zero-order valence-electron chi connectivity index (χ0n) is 15.9. The van der Waals surface area contributed by atoms with Gasteiger partial charge in [0.05, 0.1) is 13.2 Å². The average molecular weight is 356 g/mol. The zero-order chi connectivity index (χ0) is 18.9. The minimum absolute atomic E-state index is 0.188. The lowest BCUT2D eigenvalue weighted by Crippen LogP contribution is -2.08. The number of hydrogen-bond acceptors (Lipinski definition) is 3. The van der Waals surface area contributed by atoms with Crippen molar-refractivity contribution in [1.29, 1.82) is 0 Å². The van der Waals surface area contributed by atoms with E-state index in [-0.39, 0.29) is 5.56 Å². The number of unbranched alkanes of at least 4 members (excludes halogenated alkanes) is 2. The van der Waals surface area contributed by atoms with E-state index in [0.717, 1.165) is 36.8 Å². The van der Waals surface area contributed by atoms with Crippen molar-refractivity contribution in [2.45, 2.75) is 46.5 Å². The fourth-order valence-electron chi connectivity index (χ4n) is 2.63. The Morgan fingerprint density at radius 1 is 0.962 bits per heavy atom. The van der Waals surface area contributed by atoms with E-state index in [4.69, 9.17) is 9.47 Å². The summed E-state index contributed by atoms with van der Waals surface area (Å²) in [5.74, 6) is 0.0215. The first-order chi connectivity index (χ1) is 12.6. The smallest absolute Gasteiger partial charge is 0.340 e. The van der Waals surface area contributed by atoms with Crippen molar-refractivity contribution in [2.24, 2.45) is 0 Å². The molecule has 0 fully saturated rings. The van der Waals surface area contributed by atoms with E-state index in [1.807, 2.05) is 31.2 Å². The van der Waals surface area contributed by atoms with E-state index in [1.165, 1.54) is 0 Å². The highest BCUT2D eigenvalue weighted by Crippen LogP contribution is 2.36. The van der Waals surface area contributed by atoms with Crippen molar-refractivity contribution in [3.63, 3.8) is 0 Å². The second kappa shape index (κ2) is 9.85. The summed E-state index contributed by atoms with van der Waals surface area (Å²) in [5, 5.41) is 9.80. The van der Waals surface area contributed by atoms with Gasteiger partial charge in [-0.05, 0) is 31.4 Å². The summed E-state index contributed by atoms with van der Waals surface area (Å²) in [4.78, 5) is 12.0. The summed E-state index contributed by atoms with van der Waals surface area (Å²) in [6, 6.07) is 11.3. The number of carboxylic acid groups (broad SMARTS) is 1. The van der Waals surface area contributed by atoms with Gasteiger partial charge in [0.15, 0.2) is 0 Å². The molecule has 0 aliphatic heterocycles. The van der Waals surface area contributed by atoms with Crippen molar-refractivity contribution in [3.8, 4) is 22.6 Å². The Balaban J connectivity index is 2.49. The number of hydrogen-bond donors (Lipinski definition) is 1. The van der Waals surface area contributed by atoms with Crippen LogP contribution in [-0.4, -0.2) is 24.3 Å². The van der Waals surface area contributed by atoms with Crippen LogP contribution in [0.5, 0.6) is 11.5 Å². The molecule has 0 aliphatic rings. The van der Waals surface area contributed by atoms with Gasteiger partial charge < -0.3 is 14.6 Å². The lowest BCUT2D eigenvalue weighted by molar-refractivity contribution is 0.0693. The Kier molecular flexibility index (Phi) is 7.52. The third-order valence-electron chi connectivity index (χ3n) is 4.17. The Hall–Kier alpha value is -2.49. The van der Waals surface area contributed by atoms with Gasteiger partial charge in [0, 0.05) is 11.6 Å². The van der Waals surface area contributed by atoms with Crippen LogP contribution >= 0.6 is 0 Å². The maximum absolute atomic E-state index is 12.0. The van der Waals surface area contributed by atoms with Crippen LogP contribution < -0.4 is 9.47 Å². The maximum Gasteiger partial charge on any atom is 0.340 e. The molecular weight excluding hydrogens is 328 g/mol. The molecule has 0 spiro atoms. The summed E-state index contributed by atoms with van der Waals surface area (Å²) in [6.45, 7) is 7.27. The first-order valence-corrected chi connectivity index (χ1v) is 9.30. The number of ether oxygens (including phenoxy) is 2. The molecule has 0 atom stereocenters. The Morgan fingerprint density at radius 3 is 2.15 bits per heavy atom. The molecule has 0 saturated carbocycles. The zero-order valence-corrected chi connectivity index (χ0v) is 15.9. The molecule has 2 aromatic carbocycles. The molecule has 4 heteroatoms. The highest BCUT2D eigenvalue weighted by atomic mass is 16.5. The number of aryl methyl sites for hydroxylation is 1. The second-order valence-corrected chi connectivity index (χ2v) is 6.42. The first kappa shape index (κ1) is 19.8. The molecule has 140 valence electrons. The second-order valence-electron chi connectivity index (χ2n) is 6.42. The predicted molar refractivity (Wildman–Crippen MR) is 104 cm³/mol. The van der Waals surface area contributed by atoms with Gasteiger partial charge in [-0.15, -0.1) is 0 Å². The maximum atomic E-state index is 12.0. The number of aromatic carboxylic acids is 1. The third kappa shape index (κ3) is 5.25. The monoisotopic (exact) mass is 356 g/mol. The van der Waals surface area contributed by atoms with Crippen molar-refractivity contribution >= 4 is 5.97 Å². The highest BCUT2D eigenvalue weighted by molar-refractivity contribution is 5.99. The van der Waals surface area contributed by atoms with Gasteiger partial charge >= 0.3 is 5.97 Å². The van der Waals surface area contributed by atoms with Crippen molar-refractivity contribution in [3.05, 3.63) is 47.5 Å². The Labute approximate surface area is 155 Å². The summed E-state index contributed by atoms with van der Waals surface area (Å²) >= 11 is 0. The largest absolute Gasteiger partial charge is 0.493 e. The number of benzene rings is 2. The highest BCUT2D eigenvalue weighted by Gasteiger charge is 2.20. The van der Waals surface area contributed by atoms with Crippen LogP contribution in [0.3, 0.4) is 0 Å². The average Bonchev–Trinajstić information content (AvgIpc) is 2.62. The quantitative estimate of drug-likeness (QED) is 0.553. The molecule has 1 N–H and O–H groups in total. The lowest BCUT2D eigenvalue weighted by Gasteiger charge is -2.16. The van der Waals surface area contributed by atoms with Crippen LogP contribution in [0.15, 0.2) is 36.4 Å². The Bertz CT molecular complexity index is 720. The van der Waals surface area contributed by atoms with Gasteiger partial charge in [-0.2, -0.15) is 0 Å². The number of carboxylic acids is 1. The van der Waals surface area contributed by atoms with E-state index in [2.05, 4.69) is 13.8 Å². The molecule has 0 amide bonds. The van der Waals surface area contributed by atoms with E-state index in [1.54, 1.807) is 12.1 Å². The van der Waals surface area contributed by atoms with Crippen molar-refractivity contribution in [2.75, 3.05) is 13.2 Å². The van der Waals surface area contributed by atoms with Crippen LogP contribution in [0.25, 0.3) is 11.1 Å². The van der Waals surface area contributed by atoms with Gasteiger partial charge in [-0.25, -0.2) is 4.79 Å². The van der Waals surface area contributed by atoms with Gasteiger partial charge in [-0.1, -0.05) is 56.5 Å². The van der Waals surface area contributed by atoms with Crippen LogP contribution in [-0.2, 0) is 0 Å². The number of carbonyl (C=O) groups is 1. The van der Waals surface area contributed by atoms with Crippen LogP contribution in [0.1, 0.15) is 55.5 Å². The standard InChI is InChI=1S/C22H28O4/c1-4-6-12-25-18-14-19(17-10-8-16(3)9-11-17)21(22(23)24)20(15-18)26-13-7-5-2/h8-11,14-15H,4-7,12-13H2,1-3H3,(H,23,24). The summed E-state index contributed by atoms with van der Waals surface area (Å²) in [6.07, 6.45) is 3.85. The molecule has 0 aliphatic carbocycles. The predicted octanol–water partition coefficient (Wildman–Crippen LogP) is 5.72. The van der Waals surface area contributed by atoms with E-state index < -0.39 is 5.97 Å². The molecule has 0 aromatic heterocycles. The van der Waals surface area contributed by atoms with Crippen LogP contribution in [0.2, 0.25) is 0 Å². The van der Waals surface area contributed by atoms with Gasteiger partial charge in [0.25, 0.3) is 0 Å². The molecular formula is C22H28O4. The van der Waals surface area contributed by atoms with Gasteiger partial charge in [0.2, 0.25) is 0 Å². The van der Waals surface area contributed by atoms with Gasteiger partial charge in [-0.3, -0.25) is 0 Å². The molecule has 2 rings (SSSR count). The van der Waals surface area contributed by atoms with Crippen molar-refractivity contribution in [1.82, 2.24) is 0 Å². The molecule has 0 radical (unpaired) electrons. The fourth-order valence-corrected chi connectivity index (χ4v) is 2.63. The summed E-state index contributed by atoms with van der Waals surface area (Å²) in [7, 11) is 0. The first-order valence-electron chi connectivity index (χ1n) is 9.30. The normalized spacial score (nSPS) is 10.6. The summed E-state index contributed by atoms with van der Waals surface area (Å²) in [5.41, 5.74) is 2.78. The van der Waals surface area contributed by atoms with Gasteiger partial charge in [0.1, 0.15) is 17.1 Å². The van der Waals surface area contributed by atoms with Crippen LogP contribution in [0, 0.1) is 6.92 Å². The molecule has 0 saturated heterocycles. The fraction of sp³-hybridized carbons (Fsp3) is 0.409.